The van der Waals surface area contributed by atoms with Crippen LogP contribution in [0.15, 0.2) is 54.6 Å². The van der Waals surface area contributed by atoms with Gasteiger partial charge in [-0.05, 0) is 29.5 Å². The van der Waals surface area contributed by atoms with E-state index in [0.717, 1.165) is 24.0 Å². The fourth-order valence-electron chi connectivity index (χ4n) is 3.20. The summed E-state index contributed by atoms with van der Waals surface area (Å²) in [6, 6.07) is 17.9. The number of fused-ring (bicyclic) bond motifs is 1. The standard InChI is InChI=1S/C19H22N2O2/c22-14-19(11-10-16-8-4-5-9-17(16)19)21-13-18(23)20-12-15-6-2-1-3-7-15/h1-9,21-22H,10-14H2,(H,20,23). The van der Waals surface area contributed by atoms with Crippen LogP contribution in [-0.2, 0) is 23.3 Å². The Labute approximate surface area is 136 Å². The lowest BCUT2D eigenvalue weighted by Crippen LogP contribution is -2.48. The van der Waals surface area contributed by atoms with E-state index in [0.29, 0.717) is 6.54 Å². The van der Waals surface area contributed by atoms with E-state index in [9.17, 15) is 9.90 Å². The van der Waals surface area contributed by atoms with E-state index in [1.54, 1.807) is 0 Å². The van der Waals surface area contributed by atoms with E-state index in [1.165, 1.54) is 5.56 Å². The van der Waals surface area contributed by atoms with Crippen LogP contribution in [0.5, 0.6) is 0 Å². The minimum atomic E-state index is -0.499. The maximum atomic E-state index is 12.1. The van der Waals surface area contributed by atoms with Crippen LogP contribution in [0.25, 0.3) is 0 Å². The van der Waals surface area contributed by atoms with Gasteiger partial charge in [-0.2, -0.15) is 0 Å². The molecule has 0 bridgehead atoms. The van der Waals surface area contributed by atoms with Crippen molar-refractivity contribution in [3.05, 3.63) is 71.3 Å². The molecule has 1 unspecified atom stereocenters. The van der Waals surface area contributed by atoms with E-state index < -0.39 is 5.54 Å². The monoisotopic (exact) mass is 310 g/mol. The minimum absolute atomic E-state index is 0.00399. The van der Waals surface area contributed by atoms with Crippen LogP contribution in [0.2, 0.25) is 0 Å². The second-order valence-electron chi connectivity index (χ2n) is 6.01. The molecule has 0 heterocycles. The van der Waals surface area contributed by atoms with Gasteiger partial charge in [0.2, 0.25) is 5.91 Å². The third kappa shape index (κ3) is 3.44. The maximum Gasteiger partial charge on any atom is 0.234 e. The first kappa shape index (κ1) is 15.7. The number of rotatable bonds is 6. The van der Waals surface area contributed by atoms with E-state index in [1.807, 2.05) is 48.5 Å². The van der Waals surface area contributed by atoms with Crippen LogP contribution in [0.3, 0.4) is 0 Å². The lowest BCUT2D eigenvalue weighted by atomic mass is 9.92. The van der Waals surface area contributed by atoms with Gasteiger partial charge in [0, 0.05) is 6.54 Å². The van der Waals surface area contributed by atoms with Crippen molar-refractivity contribution < 1.29 is 9.90 Å². The highest BCUT2D eigenvalue weighted by molar-refractivity contribution is 5.78. The van der Waals surface area contributed by atoms with E-state index >= 15 is 0 Å². The molecule has 0 radical (unpaired) electrons. The van der Waals surface area contributed by atoms with Crippen molar-refractivity contribution in [3.8, 4) is 0 Å². The van der Waals surface area contributed by atoms with Crippen molar-refractivity contribution in [2.45, 2.75) is 24.9 Å². The van der Waals surface area contributed by atoms with Gasteiger partial charge >= 0.3 is 0 Å². The summed E-state index contributed by atoms with van der Waals surface area (Å²) in [5.74, 6) is -0.0638. The third-order valence-corrected chi connectivity index (χ3v) is 4.54. The first-order valence-corrected chi connectivity index (χ1v) is 7.98. The van der Waals surface area contributed by atoms with E-state index in [4.69, 9.17) is 0 Å². The van der Waals surface area contributed by atoms with Crippen LogP contribution in [-0.4, -0.2) is 24.2 Å². The Morgan fingerprint density at radius 2 is 1.83 bits per heavy atom. The molecule has 0 saturated carbocycles. The van der Waals surface area contributed by atoms with Gasteiger partial charge in [0.1, 0.15) is 0 Å². The Hall–Kier alpha value is -2.17. The minimum Gasteiger partial charge on any atom is -0.394 e. The number of nitrogens with one attached hydrogen (secondary N) is 2. The molecule has 0 spiro atoms. The predicted octanol–water partition coefficient (Wildman–Crippen LogP) is 1.73. The second kappa shape index (κ2) is 6.94. The molecular formula is C19H22N2O2. The summed E-state index contributed by atoms with van der Waals surface area (Å²) in [7, 11) is 0. The molecule has 4 nitrogen and oxygen atoms in total. The summed E-state index contributed by atoms with van der Waals surface area (Å²) in [5.41, 5.74) is 2.93. The fourth-order valence-corrected chi connectivity index (χ4v) is 3.20. The smallest absolute Gasteiger partial charge is 0.234 e. The zero-order valence-corrected chi connectivity index (χ0v) is 13.1. The Kier molecular flexibility index (Phi) is 4.74. The maximum absolute atomic E-state index is 12.1. The first-order valence-electron chi connectivity index (χ1n) is 7.98. The molecule has 2 aromatic rings. The Balaban J connectivity index is 1.58. The number of benzene rings is 2. The summed E-state index contributed by atoms with van der Waals surface area (Å²) in [6.45, 7) is 0.710. The van der Waals surface area contributed by atoms with Crippen LogP contribution >= 0.6 is 0 Å². The van der Waals surface area contributed by atoms with E-state index in [-0.39, 0.29) is 19.1 Å². The number of hydrogen-bond acceptors (Lipinski definition) is 3. The summed E-state index contributed by atoms with van der Waals surface area (Å²) in [6.07, 6.45) is 1.74. The normalized spacial score (nSPS) is 19.3. The lowest BCUT2D eigenvalue weighted by molar-refractivity contribution is -0.120. The van der Waals surface area contributed by atoms with Gasteiger partial charge in [-0.3, -0.25) is 10.1 Å². The number of aliphatic hydroxyl groups excluding tert-OH is 1. The number of amides is 1. The molecule has 1 aliphatic carbocycles. The SMILES string of the molecule is O=C(CNC1(CO)CCc2ccccc21)NCc1ccccc1. The van der Waals surface area contributed by atoms with Gasteiger partial charge in [0.25, 0.3) is 0 Å². The summed E-state index contributed by atoms with van der Waals surface area (Å²) in [4.78, 5) is 12.1. The molecule has 0 aliphatic heterocycles. The van der Waals surface area contributed by atoms with Gasteiger partial charge < -0.3 is 10.4 Å². The topological polar surface area (TPSA) is 61.4 Å². The molecular weight excluding hydrogens is 288 g/mol. The van der Waals surface area contributed by atoms with Crippen molar-refractivity contribution in [2.24, 2.45) is 0 Å². The molecule has 3 N–H and O–H groups in total. The highest BCUT2D eigenvalue weighted by atomic mass is 16.3. The van der Waals surface area contributed by atoms with Crippen LogP contribution in [0.4, 0.5) is 0 Å². The lowest BCUT2D eigenvalue weighted by Gasteiger charge is -2.29. The van der Waals surface area contributed by atoms with Gasteiger partial charge in [-0.1, -0.05) is 54.6 Å². The van der Waals surface area contributed by atoms with Crippen LogP contribution < -0.4 is 10.6 Å². The number of aryl methyl sites for hydroxylation is 1. The van der Waals surface area contributed by atoms with Crippen molar-refractivity contribution >= 4 is 5.91 Å². The van der Waals surface area contributed by atoms with E-state index in [2.05, 4.69) is 16.7 Å². The molecule has 0 saturated heterocycles. The Bertz CT molecular complexity index is 672. The van der Waals surface area contributed by atoms with Crippen LogP contribution in [0, 0.1) is 0 Å². The van der Waals surface area contributed by atoms with Gasteiger partial charge in [0.15, 0.2) is 0 Å². The molecule has 23 heavy (non-hydrogen) atoms. The zero-order chi connectivity index (χ0) is 16.1. The molecule has 1 atom stereocenters. The van der Waals surface area contributed by atoms with Gasteiger partial charge in [-0.25, -0.2) is 0 Å². The number of aliphatic hydroxyl groups is 1. The Morgan fingerprint density at radius 3 is 2.61 bits per heavy atom. The molecule has 2 aromatic carbocycles. The number of carbonyl (C=O) groups excluding carboxylic acids is 1. The molecule has 4 heteroatoms. The molecule has 120 valence electrons. The predicted molar refractivity (Wildman–Crippen MR) is 89.8 cm³/mol. The fraction of sp³-hybridized carbons (Fsp3) is 0.316. The third-order valence-electron chi connectivity index (χ3n) is 4.54. The van der Waals surface area contributed by atoms with Crippen LogP contribution in [0.1, 0.15) is 23.1 Å². The van der Waals surface area contributed by atoms with Crippen molar-refractivity contribution in [2.75, 3.05) is 13.2 Å². The highest BCUT2D eigenvalue weighted by Crippen LogP contribution is 2.36. The quantitative estimate of drug-likeness (QED) is 0.761. The molecule has 0 fully saturated rings. The molecule has 1 aliphatic rings. The number of hydrogen-bond donors (Lipinski definition) is 3. The number of carbonyl (C=O) groups is 1. The second-order valence-corrected chi connectivity index (χ2v) is 6.01. The van der Waals surface area contributed by atoms with Gasteiger partial charge in [0.05, 0.1) is 18.7 Å². The molecule has 1 amide bonds. The first-order chi connectivity index (χ1) is 11.2. The largest absolute Gasteiger partial charge is 0.394 e. The zero-order valence-electron chi connectivity index (χ0n) is 13.1. The average molecular weight is 310 g/mol. The molecule has 0 aromatic heterocycles. The van der Waals surface area contributed by atoms with Crippen molar-refractivity contribution in [1.82, 2.24) is 10.6 Å². The molecule has 3 rings (SSSR count). The summed E-state index contributed by atoms with van der Waals surface area (Å²) < 4.78 is 0. The highest BCUT2D eigenvalue weighted by Gasteiger charge is 2.37. The van der Waals surface area contributed by atoms with Crippen molar-refractivity contribution in [1.29, 1.82) is 0 Å². The van der Waals surface area contributed by atoms with Crippen molar-refractivity contribution in [3.63, 3.8) is 0 Å². The average Bonchev–Trinajstić information content (AvgIpc) is 2.98. The Morgan fingerprint density at radius 1 is 1.09 bits per heavy atom. The summed E-state index contributed by atoms with van der Waals surface area (Å²) in [5, 5.41) is 16.1. The summed E-state index contributed by atoms with van der Waals surface area (Å²) >= 11 is 0. The van der Waals surface area contributed by atoms with Gasteiger partial charge in [-0.15, -0.1) is 0 Å².